The highest BCUT2D eigenvalue weighted by Gasteiger charge is 2.18. The third-order valence-electron chi connectivity index (χ3n) is 3.02. The standard InChI is InChI=1S/C16H16FN3O2/c1-12(21)20(15-8-3-2-7-14(15)17)11-16(22)19-10-13-6-4-5-9-18-13/h2-9H,10-11H2,1H3,(H,19,22). The van der Waals surface area contributed by atoms with Gasteiger partial charge in [-0.2, -0.15) is 0 Å². The van der Waals surface area contributed by atoms with Gasteiger partial charge >= 0.3 is 0 Å². The number of carbonyl (C=O) groups is 2. The summed E-state index contributed by atoms with van der Waals surface area (Å²) in [5.41, 5.74) is 0.791. The molecule has 0 atom stereocenters. The molecule has 2 rings (SSSR count). The zero-order valence-electron chi connectivity index (χ0n) is 12.1. The molecule has 22 heavy (non-hydrogen) atoms. The van der Waals surface area contributed by atoms with E-state index < -0.39 is 11.7 Å². The maximum atomic E-state index is 13.8. The largest absolute Gasteiger partial charge is 0.349 e. The summed E-state index contributed by atoms with van der Waals surface area (Å²) in [6.07, 6.45) is 1.63. The van der Waals surface area contributed by atoms with Crippen molar-refractivity contribution in [2.24, 2.45) is 0 Å². The Morgan fingerprint density at radius 1 is 1.18 bits per heavy atom. The van der Waals surface area contributed by atoms with Gasteiger partial charge in [-0.1, -0.05) is 18.2 Å². The van der Waals surface area contributed by atoms with Gasteiger partial charge in [0, 0.05) is 13.1 Å². The number of rotatable bonds is 5. The first kappa shape index (κ1) is 15.6. The molecule has 1 heterocycles. The quantitative estimate of drug-likeness (QED) is 0.917. The van der Waals surface area contributed by atoms with E-state index in [2.05, 4.69) is 10.3 Å². The van der Waals surface area contributed by atoms with Gasteiger partial charge in [0.15, 0.2) is 0 Å². The maximum Gasteiger partial charge on any atom is 0.240 e. The number of nitrogens with zero attached hydrogens (tertiary/aromatic N) is 2. The second-order valence-electron chi connectivity index (χ2n) is 4.65. The number of anilines is 1. The zero-order valence-corrected chi connectivity index (χ0v) is 12.1. The van der Waals surface area contributed by atoms with Crippen molar-refractivity contribution in [2.75, 3.05) is 11.4 Å². The molecule has 0 radical (unpaired) electrons. The van der Waals surface area contributed by atoms with Crippen LogP contribution in [0.25, 0.3) is 0 Å². The van der Waals surface area contributed by atoms with Crippen molar-refractivity contribution in [3.63, 3.8) is 0 Å². The summed E-state index contributed by atoms with van der Waals surface area (Å²) in [5.74, 6) is -1.34. The fourth-order valence-electron chi connectivity index (χ4n) is 1.93. The number of amides is 2. The van der Waals surface area contributed by atoms with E-state index in [1.54, 1.807) is 24.4 Å². The van der Waals surface area contributed by atoms with E-state index in [1.165, 1.54) is 25.1 Å². The Hall–Kier alpha value is -2.76. The average molecular weight is 301 g/mol. The third kappa shape index (κ3) is 4.12. The Bertz CT molecular complexity index is 661. The molecule has 0 saturated heterocycles. The van der Waals surface area contributed by atoms with Gasteiger partial charge in [-0.05, 0) is 24.3 Å². The van der Waals surface area contributed by atoms with E-state index in [9.17, 15) is 14.0 Å². The van der Waals surface area contributed by atoms with Gasteiger partial charge in [0.25, 0.3) is 0 Å². The molecule has 1 aromatic heterocycles. The van der Waals surface area contributed by atoms with E-state index >= 15 is 0 Å². The van der Waals surface area contributed by atoms with Gasteiger partial charge in [0.2, 0.25) is 11.8 Å². The molecule has 2 aromatic rings. The second-order valence-corrected chi connectivity index (χ2v) is 4.65. The molecule has 0 saturated carbocycles. The molecule has 5 nitrogen and oxygen atoms in total. The monoisotopic (exact) mass is 301 g/mol. The lowest BCUT2D eigenvalue weighted by Gasteiger charge is -2.21. The third-order valence-corrected chi connectivity index (χ3v) is 3.02. The number of para-hydroxylation sites is 1. The van der Waals surface area contributed by atoms with Crippen molar-refractivity contribution < 1.29 is 14.0 Å². The highest BCUT2D eigenvalue weighted by molar-refractivity contribution is 5.97. The van der Waals surface area contributed by atoms with Crippen LogP contribution in [0.5, 0.6) is 0 Å². The molecule has 0 fully saturated rings. The number of hydrogen-bond donors (Lipinski definition) is 1. The second kappa shape index (κ2) is 7.31. The van der Waals surface area contributed by atoms with Crippen molar-refractivity contribution in [1.29, 1.82) is 0 Å². The zero-order chi connectivity index (χ0) is 15.9. The fourth-order valence-corrected chi connectivity index (χ4v) is 1.93. The summed E-state index contributed by atoms with van der Waals surface area (Å²) < 4.78 is 13.8. The average Bonchev–Trinajstić information content (AvgIpc) is 2.52. The van der Waals surface area contributed by atoms with Crippen LogP contribution in [0.4, 0.5) is 10.1 Å². The number of benzene rings is 1. The van der Waals surface area contributed by atoms with Crippen LogP contribution in [-0.2, 0) is 16.1 Å². The molecule has 0 aliphatic heterocycles. The number of carbonyl (C=O) groups excluding carboxylic acids is 2. The highest BCUT2D eigenvalue weighted by atomic mass is 19.1. The van der Waals surface area contributed by atoms with Crippen LogP contribution in [-0.4, -0.2) is 23.3 Å². The molecule has 2 amide bonds. The van der Waals surface area contributed by atoms with Gasteiger partial charge < -0.3 is 10.2 Å². The molecule has 0 aliphatic carbocycles. The minimum Gasteiger partial charge on any atom is -0.349 e. The minimum absolute atomic E-state index is 0.0861. The smallest absolute Gasteiger partial charge is 0.240 e. The van der Waals surface area contributed by atoms with Crippen LogP contribution in [0.15, 0.2) is 48.7 Å². The number of halogens is 1. The van der Waals surface area contributed by atoms with E-state index in [4.69, 9.17) is 0 Å². The summed E-state index contributed by atoms with van der Waals surface area (Å²) in [6, 6.07) is 11.2. The predicted molar refractivity (Wildman–Crippen MR) is 80.5 cm³/mol. The van der Waals surface area contributed by atoms with Crippen molar-refractivity contribution in [2.45, 2.75) is 13.5 Å². The van der Waals surface area contributed by atoms with Crippen LogP contribution in [0.3, 0.4) is 0 Å². The summed E-state index contributed by atoms with van der Waals surface area (Å²) in [4.78, 5) is 28.8. The van der Waals surface area contributed by atoms with Crippen LogP contribution < -0.4 is 10.2 Å². The number of pyridine rings is 1. The first-order valence-corrected chi connectivity index (χ1v) is 6.77. The maximum absolute atomic E-state index is 13.8. The summed E-state index contributed by atoms with van der Waals surface area (Å²) in [7, 11) is 0. The molecule has 1 aromatic carbocycles. The Kier molecular flexibility index (Phi) is 5.19. The van der Waals surface area contributed by atoms with Crippen molar-refractivity contribution in [3.8, 4) is 0 Å². The molecule has 1 N–H and O–H groups in total. The lowest BCUT2D eigenvalue weighted by Crippen LogP contribution is -2.40. The van der Waals surface area contributed by atoms with Crippen molar-refractivity contribution >= 4 is 17.5 Å². The first-order chi connectivity index (χ1) is 10.6. The van der Waals surface area contributed by atoms with E-state index in [0.717, 1.165) is 4.90 Å². The van der Waals surface area contributed by atoms with E-state index in [1.807, 2.05) is 6.07 Å². The van der Waals surface area contributed by atoms with Crippen LogP contribution in [0.1, 0.15) is 12.6 Å². The molecule has 0 spiro atoms. The lowest BCUT2D eigenvalue weighted by atomic mass is 10.2. The van der Waals surface area contributed by atoms with Gasteiger partial charge in [-0.15, -0.1) is 0 Å². The molecular formula is C16H16FN3O2. The normalized spacial score (nSPS) is 10.1. The Labute approximate surface area is 127 Å². The molecular weight excluding hydrogens is 285 g/mol. The first-order valence-electron chi connectivity index (χ1n) is 6.77. The number of hydrogen-bond acceptors (Lipinski definition) is 3. The van der Waals surface area contributed by atoms with Gasteiger partial charge in [-0.25, -0.2) is 4.39 Å². The Morgan fingerprint density at radius 3 is 2.55 bits per heavy atom. The molecule has 0 bridgehead atoms. The van der Waals surface area contributed by atoms with Crippen molar-refractivity contribution in [1.82, 2.24) is 10.3 Å². The van der Waals surface area contributed by atoms with Gasteiger partial charge in [0.05, 0.1) is 17.9 Å². The van der Waals surface area contributed by atoms with E-state index in [-0.39, 0.29) is 24.7 Å². The SMILES string of the molecule is CC(=O)N(CC(=O)NCc1ccccn1)c1ccccc1F. The summed E-state index contributed by atoms with van der Waals surface area (Å²) in [5, 5.41) is 2.66. The molecule has 6 heteroatoms. The summed E-state index contributed by atoms with van der Waals surface area (Å²) in [6.45, 7) is 1.30. The summed E-state index contributed by atoms with van der Waals surface area (Å²) >= 11 is 0. The van der Waals surface area contributed by atoms with Crippen LogP contribution in [0, 0.1) is 5.82 Å². The van der Waals surface area contributed by atoms with E-state index in [0.29, 0.717) is 5.69 Å². The Morgan fingerprint density at radius 2 is 1.91 bits per heavy atom. The lowest BCUT2D eigenvalue weighted by molar-refractivity contribution is -0.123. The highest BCUT2D eigenvalue weighted by Crippen LogP contribution is 2.18. The predicted octanol–water partition coefficient (Wildman–Crippen LogP) is 1.89. The van der Waals surface area contributed by atoms with Crippen molar-refractivity contribution in [3.05, 3.63) is 60.2 Å². The van der Waals surface area contributed by atoms with Crippen LogP contribution in [0.2, 0.25) is 0 Å². The minimum atomic E-state index is -0.546. The topological polar surface area (TPSA) is 62.3 Å². The molecule has 114 valence electrons. The van der Waals surface area contributed by atoms with Gasteiger partial charge in [0.1, 0.15) is 12.4 Å². The Balaban J connectivity index is 2.01. The fraction of sp³-hybridized carbons (Fsp3) is 0.188. The van der Waals surface area contributed by atoms with Gasteiger partial charge in [-0.3, -0.25) is 14.6 Å². The molecule has 0 unspecified atom stereocenters. The molecule has 0 aliphatic rings. The van der Waals surface area contributed by atoms with Crippen LogP contribution >= 0.6 is 0 Å². The number of aromatic nitrogens is 1. The number of nitrogens with one attached hydrogen (secondary N) is 1.